The molecule has 4 rings (SSSR count). The zero-order valence-electron chi connectivity index (χ0n) is 11.4. The highest BCUT2D eigenvalue weighted by atomic mass is 15.2. The van der Waals surface area contributed by atoms with E-state index in [4.69, 9.17) is 0 Å². The van der Waals surface area contributed by atoms with Crippen molar-refractivity contribution in [2.75, 3.05) is 26.2 Å². The first-order chi connectivity index (χ1) is 8.31. The van der Waals surface area contributed by atoms with Crippen LogP contribution in [-0.2, 0) is 0 Å². The first-order valence-electron chi connectivity index (χ1n) is 7.77. The first kappa shape index (κ1) is 12.0. The van der Waals surface area contributed by atoms with Gasteiger partial charge in [-0.25, -0.2) is 0 Å². The molecule has 4 fully saturated rings. The molecule has 2 heteroatoms. The smallest absolute Gasteiger partial charge is 0.0224 e. The first-order valence-corrected chi connectivity index (χ1v) is 7.77. The Morgan fingerprint density at radius 3 is 2.41 bits per heavy atom. The summed E-state index contributed by atoms with van der Waals surface area (Å²) >= 11 is 0. The summed E-state index contributed by atoms with van der Waals surface area (Å²) < 4.78 is 0. The lowest BCUT2D eigenvalue weighted by Crippen LogP contribution is -2.57. The van der Waals surface area contributed by atoms with Gasteiger partial charge in [-0.3, -0.25) is 0 Å². The van der Waals surface area contributed by atoms with E-state index < -0.39 is 0 Å². The Bertz CT molecular complexity index is 250. The molecule has 3 heterocycles. The molecule has 1 saturated carbocycles. The highest BCUT2D eigenvalue weighted by molar-refractivity contribution is 4.93. The maximum Gasteiger partial charge on any atom is 0.0224 e. The Balaban J connectivity index is 1.53. The molecule has 0 aromatic carbocycles. The van der Waals surface area contributed by atoms with E-state index in [0.717, 1.165) is 12.0 Å². The number of nitrogens with one attached hydrogen (secondary N) is 1. The molecule has 2 nitrogen and oxygen atoms in total. The predicted octanol–water partition coefficient (Wildman–Crippen LogP) is 2.64. The fourth-order valence-corrected chi connectivity index (χ4v) is 4.32. The van der Waals surface area contributed by atoms with E-state index in [0.29, 0.717) is 5.41 Å². The van der Waals surface area contributed by atoms with Crippen LogP contribution in [0.1, 0.15) is 51.9 Å². The molecule has 4 aliphatic rings. The number of hydrogen-bond donors (Lipinski definition) is 1. The van der Waals surface area contributed by atoms with E-state index >= 15 is 0 Å². The summed E-state index contributed by atoms with van der Waals surface area (Å²) in [6.07, 6.45) is 10.1. The Labute approximate surface area is 106 Å². The zero-order valence-corrected chi connectivity index (χ0v) is 11.4. The van der Waals surface area contributed by atoms with Crippen molar-refractivity contribution >= 4 is 0 Å². The average molecular weight is 236 g/mol. The summed E-state index contributed by atoms with van der Waals surface area (Å²) in [5.74, 6) is 0.982. The van der Waals surface area contributed by atoms with Crippen molar-refractivity contribution in [1.82, 2.24) is 10.2 Å². The molecule has 17 heavy (non-hydrogen) atoms. The number of rotatable bonds is 4. The second-order valence-corrected chi connectivity index (χ2v) is 6.69. The van der Waals surface area contributed by atoms with Crippen molar-refractivity contribution in [3.05, 3.63) is 0 Å². The molecule has 2 bridgehead atoms. The molecule has 3 saturated heterocycles. The van der Waals surface area contributed by atoms with Gasteiger partial charge in [-0.1, -0.05) is 19.8 Å². The second kappa shape index (κ2) is 4.89. The summed E-state index contributed by atoms with van der Waals surface area (Å²) in [6.45, 7) is 7.73. The highest BCUT2D eigenvalue weighted by Crippen LogP contribution is 2.40. The minimum absolute atomic E-state index is 0.659. The van der Waals surface area contributed by atoms with Gasteiger partial charge < -0.3 is 10.2 Å². The summed E-state index contributed by atoms with van der Waals surface area (Å²) in [5.41, 5.74) is 0.659. The monoisotopic (exact) mass is 236 g/mol. The van der Waals surface area contributed by atoms with Crippen LogP contribution in [0.4, 0.5) is 0 Å². The lowest BCUT2D eigenvalue weighted by Gasteiger charge is -2.46. The topological polar surface area (TPSA) is 15.3 Å². The quantitative estimate of drug-likeness (QED) is 0.807. The Kier molecular flexibility index (Phi) is 3.45. The van der Waals surface area contributed by atoms with Crippen LogP contribution in [0.15, 0.2) is 0 Å². The molecule has 1 atom stereocenters. The summed E-state index contributed by atoms with van der Waals surface area (Å²) in [7, 11) is 0. The van der Waals surface area contributed by atoms with Crippen molar-refractivity contribution in [2.45, 2.75) is 57.9 Å². The largest absolute Gasteiger partial charge is 0.312 e. The summed E-state index contributed by atoms with van der Waals surface area (Å²) in [5, 5.41) is 3.95. The molecule has 0 spiro atoms. The molecule has 0 aromatic rings. The van der Waals surface area contributed by atoms with Crippen LogP contribution in [-0.4, -0.2) is 37.1 Å². The fourth-order valence-electron chi connectivity index (χ4n) is 4.32. The fraction of sp³-hybridized carbons (Fsp3) is 1.00. The third kappa shape index (κ3) is 2.39. The van der Waals surface area contributed by atoms with Gasteiger partial charge in [-0.15, -0.1) is 0 Å². The maximum atomic E-state index is 3.95. The molecule has 0 radical (unpaired) electrons. The van der Waals surface area contributed by atoms with Crippen LogP contribution >= 0.6 is 0 Å². The van der Waals surface area contributed by atoms with Gasteiger partial charge in [0.15, 0.2) is 0 Å². The van der Waals surface area contributed by atoms with Gasteiger partial charge in [0.25, 0.3) is 0 Å². The van der Waals surface area contributed by atoms with Gasteiger partial charge >= 0.3 is 0 Å². The second-order valence-electron chi connectivity index (χ2n) is 6.69. The van der Waals surface area contributed by atoms with Crippen molar-refractivity contribution in [1.29, 1.82) is 0 Å². The molecular formula is C15H28N2. The van der Waals surface area contributed by atoms with E-state index in [1.807, 2.05) is 0 Å². The Morgan fingerprint density at radius 2 is 1.88 bits per heavy atom. The van der Waals surface area contributed by atoms with E-state index in [2.05, 4.69) is 17.1 Å². The molecule has 3 aliphatic heterocycles. The van der Waals surface area contributed by atoms with Crippen molar-refractivity contribution < 1.29 is 0 Å². The molecule has 1 unspecified atom stereocenters. The minimum atomic E-state index is 0.659. The molecule has 98 valence electrons. The third-order valence-electron chi connectivity index (χ3n) is 5.81. The van der Waals surface area contributed by atoms with Gasteiger partial charge in [-0.2, -0.15) is 0 Å². The summed E-state index contributed by atoms with van der Waals surface area (Å²) in [4.78, 5) is 2.66. The van der Waals surface area contributed by atoms with Crippen LogP contribution in [0, 0.1) is 11.3 Å². The van der Waals surface area contributed by atoms with Crippen molar-refractivity contribution in [3.8, 4) is 0 Å². The van der Waals surface area contributed by atoms with E-state index in [1.165, 1.54) is 71.1 Å². The summed E-state index contributed by atoms with van der Waals surface area (Å²) in [6, 6.07) is 0.807. The molecule has 0 aromatic heterocycles. The van der Waals surface area contributed by atoms with Crippen LogP contribution in [0.25, 0.3) is 0 Å². The van der Waals surface area contributed by atoms with Crippen molar-refractivity contribution in [2.24, 2.45) is 11.3 Å². The van der Waals surface area contributed by atoms with E-state index in [1.54, 1.807) is 0 Å². The van der Waals surface area contributed by atoms with E-state index in [-0.39, 0.29) is 0 Å². The van der Waals surface area contributed by atoms with Crippen LogP contribution in [0.5, 0.6) is 0 Å². The minimum Gasteiger partial charge on any atom is -0.312 e. The number of piperidine rings is 3. The third-order valence-corrected chi connectivity index (χ3v) is 5.81. The molecule has 0 amide bonds. The average Bonchev–Trinajstić information content (AvgIpc) is 2.87. The van der Waals surface area contributed by atoms with Crippen molar-refractivity contribution in [3.63, 3.8) is 0 Å². The zero-order chi connectivity index (χ0) is 11.7. The van der Waals surface area contributed by atoms with Gasteiger partial charge in [0, 0.05) is 19.1 Å². The van der Waals surface area contributed by atoms with Gasteiger partial charge in [0.2, 0.25) is 0 Å². The van der Waals surface area contributed by atoms with Gasteiger partial charge in [-0.05, 0) is 56.5 Å². The Morgan fingerprint density at radius 1 is 1.18 bits per heavy atom. The van der Waals surface area contributed by atoms with Gasteiger partial charge in [0.05, 0.1) is 0 Å². The highest BCUT2D eigenvalue weighted by Gasteiger charge is 2.37. The maximum absolute atomic E-state index is 3.95. The number of hydrogen-bond acceptors (Lipinski definition) is 2. The van der Waals surface area contributed by atoms with Crippen LogP contribution in [0.2, 0.25) is 0 Å². The Hall–Kier alpha value is -0.0800. The predicted molar refractivity (Wildman–Crippen MR) is 72.1 cm³/mol. The standard InChI is InChI=1S/C15H28N2/c1-2-15(7-3-4-8-15)12-16-14-11-17-9-5-13(14)6-10-17/h13-14,16H,2-12H2,1H3. The van der Waals surface area contributed by atoms with E-state index in [9.17, 15) is 0 Å². The number of fused-ring (bicyclic) bond motifs is 3. The lowest BCUT2D eigenvalue weighted by atomic mass is 9.80. The molecule has 1 N–H and O–H groups in total. The lowest BCUT2D eigenvalue weighted by molar-refractivity contribution is 0.0654. The van der Waals surface area contributed by atoms with Crippen LogP contribution in [0.3, 0.4) is 0 Å². The van der Waals surface area contributed by atoms with Crippen LogP contribution < -0.4 is 5.32 Å². The molecule has 1 aliphatic carbocycles. The SMILES string of the molecule is CCC1(CNC2CN3CCC2CC3)CCCC1. The van der Waals surface area contributed by atoms with Gasteiger partial charge in [0.1, 0.15) is 0 Å². The normalized spacial score (nSPS) is 39.7. The number of nitrogens with zero attached hydrogens (tertiary/aromatic N) is 1. The molecular weight excluding hydrogens is 208 g/mol.